The standard InChI is InChI=1S/C22H20Cl2N4O/c1-15-12-20(25-14-16-6-7-18(23)19(24)13-16)17-4-2-5-21(22(17)27-15)29-11-10-28-9-3-8-26-28/h2-9,12-13H,10-11,14H2,1H3,(H,25,27). The second-order valence-electron chi connectivity index (χ2n) is 6.68. The Bertz CT molecular complexity index is 1130. The lowest BCUT2D eigenvalue weighted by Crippen LogP contribution is -2.09. The van der Waals surface area contributed by atoms with Crippen molar-refractivity contribution in [3.05, 3.63) is 82.2 Å². The first-order valence-corrected chi connectivity index (χ1v) is 10.0. The van der Waals surface area contributed by atoms with Gasteiger partial charge in [-0.25, -0.2) is 4.98 Å². The molecule has 1 N–H and O–H groups in total. The molecule has 0 fully saturated rings. The fraction of sp³-hybridized carbons (Fsp3) is 0.182. The van der Waals surface area contributed by atoms with Crippen molar-refractivity contribution in [2.45, 2.75) is 20.0 Å². The number of hydrogen-bond donors (Lipinski definition) is 1. The molecule has 0 aliphatic carbocycles. The summed E-state index contributed by atoms with van der Waals surface area (Å²) in [5.41, 5.74) is 3.80. The van der Waals surface area contributed by atoms with Gasteiger partial charge in [0.05, 0.1) is 16.6 Å². The zero-order valence-electron chi connectivity index (χ0n) is 15.9. The molecule has 0 bridgehead atoms. The topological polar surface area (TPSA) is 52.0 Å². The predicted octanol–water partition coefficient (Wildman–Crippen LogP) is 5.74. The lowest BCUT2D eigenvalue weighted by Gasteiger charge is -2.14. The van der Waals surface area contributed by atoms with Crippen molar-refractivity contribution in [3.8, 4) is 5.75 Å². The molecule has 0 aliphatic heterocycles. The summed E-state index contributed by atoms with van der Waals surface area (Å²) in [6, 6.07) is 15.5. The number of hydrogen-bond acceptors (Lipinski definition) is 4. The molecule has 0 aliphatic rings. The van der Waals surface area contributed by atoms with E-state index >= 15 is 0 Å². The highest BCUT2D eigenvalue weighted by Crippen LogP contribution is 2.31. The van der Waals surface area contributed by atoms with Crippen molar-refractivity contribution in [1.82, 2.24) is 14.8 Å². The third kappa shape index (κ3) is 4.63. The number of para-hydroxylation sites is 1. The number of ether oxygens (including phenoxy) is 1. The van der Waals surface area contributed by atoms with Gasteiger partial charge in [0.2, 0.25) is 0 Å². The number of fused-ring (bicyclic) bond motifs is 1. The Morgan fingerprint density at radius 1 is 1.07 bits per heavy atom. The van der Waals surface area contributed by atoms with Gasteiger partial charge in [-0.3, -0.25) is 4.68 Å². The van der Waals surface area contributed by atoms with Crippen molar-refractivity contribution < 1.29 is 4.74 Å². The summed E-state index contributed by atoms with van der Waals surface area (Å²) in [6.07, 6.45) is 3.68. The highest BCUT2D eigenvalue weighted by molar-refractivity contribution is 6.42. The minimum Gasteiger partial charge on any atom is -0.489 e. The highest BCUT2D eigenvalue weighted by atomic mass is 35.5. The van der Waals surface area contributed by atoms with Crippen LogP contribution in [0.15, 0.2) is 60.9 Å². The minimum absolute atomic E-state index is 0.516. The van der Waals surface area contributed by atoms with Crippen molar-refractivity contribution >= 4 is 39.8 Å². The molecular formula is C22H20Cl2N4O. The number of rotatable bonds is 7. The molecule has 5 nitrogen and oxygen atoms in total. The van der Waals surface area contributed by atoms with Crippen molar-refractivity contribution in [1.29, 1.82) is 0 Å². The lowest BCUT2D eigenvalue weighted by molar-refractivity contribution is 0.294. The Labute approximate surface area is 179 Å². The monoisotopic (exact) mass is 426 g/mol. The second kappa shape index (κ2) is 8.72. The molecule has 29 heavy (non-hydrogen) atoms. The van der Waals surface area contributed by atoms with Gasteiger partial charge in [0.15, 0.2) is 0 Å². The Morgan fingerprint density at radius 2 is 1.97 bits per heavy atom. The maximum atomic E-state index is 6.13. The molecular weight excluding hydrogens is 407 g/mol. The Hall–Kier alpha value is -2.76. The fourth-order valence-corrected chi connectivity index (χ4v) is 3.46. The summed E-state index contributed by atoms with van der Waals surface area (Å²) < 4.78 is 7.85. The molecule has 2 heterocycles. The smallest absolute Gasteiger partial charge is 0.145 e. The van der Waals surface area contributed by atoms with E-state index in [4.69, 9.17) is 32.9 Å². The number of pyridine rings is 1. The van der Waals surface area contributed by atoms with Gasteiger partial charge in [0, 0.05) is 35.7 Å². The Morgan fingerprint density at radius 3 is 2.76 bits per heavy atom. The summed E-state index contributed by atoms with van der Waals surface area (Å²) in [6.45, 7) is 3.80. The average molecular weight is 427 g/mol. The van der Waals surface area contributed by atoms with Crippen molar-refractivity contribution in [2.24, 2.45) is 0 Å². The molecule has 0 spiro atoms. The van der Waals surface area contributed by atoms with Crippen LogP contribution in [0.2, 0.25) is 10.0 Å². The van der Waals surface area contributed by atoms with Gasteiger partial charge in [-0.1, -0.05) is 41.4 Å². The maximum Gasteiger partial charge on any atom is 0.145 e. The molecule has 7 heteroatoms. The molecule has 2 aromatic heterocycles. The van der Waals surface area contributed by atoms with Gasteiger partial charge >= 0.3 is 0 Å². The molecule has 148 valence electrons. The summed E-state index contributed by atoms with van der Waals surface area (Å²) >= 11 is 12.1. The minimum atomic E-state index is 0.516. The average Bonchev–Trinajstić information content (AvgIpc) is 3.22. The number of aryl methyl sites for hydroxylation is 1. The highest BCUT2D eigenvalue weighted by Gasteiger charge is 2.10. The fourth-order valence-electron chi connectivity index (χ4n) is 3.14. The first-order chi connectivity index (χ1) is 14.1. The molecule has 0 unspecified atom stereocenters. The molecule has 0 atom stereocenters. The molecule has 0 radical (unpaired) electrons. The molecule has 2 aromatic carbocycles. The quantitative estimate of drug-likeness (QED) is 0.409. The maximum absolute atomic E-state index is 6.13. The van der Waals surface area contributed by atoms with Gasteiger partial charge in [0.1, 0.15) is 17.9 Å². The molecule has 0 saturated carbocycles. The largest absolute Gasteiger partial charge is 0.489 e. The van der Waals surface area contributed by atoms with Crippen LogP contribution in [0, 0.1) is 6.92 Å². The zero-order valence-corrected chi connectivity index (χ0v) is 17.4. The van der Waals surface area contributed by atoms with E-state index in [2.05, 4.69) is 10.4 Å². The summed E-state index contributed by atoms with van der Waals surface area (Å²) in [4.78, 5) is 4.71. The van der Waals surface area contributed by atoms with Gasteiger partial charge in [0.25, 0.3) is 0 Å². The molecule has 4 aromatic rings. The van der Waals surface area contributed by atoms with Crippen LogP contribution < -0.4 is 10.1 Å². The normalized spacial score (nSPS) is 11.0. The number of nitrogens with one attached hydrogen (secondary N) is 1. The van der Waals surface area contributed by atoms with E-state index < -0.39 is 0 Å². The van der Waals surface area contributed by atoms with E-state index in [0.717, 1.165) is 33.6 Å². The molecule has 0 saturated heterocycles. The predicted molar refractivity (Wildman–Crippen MR) is 118 cm³/mol. The van der Waals surface area contributed by atoms with E-state index in [9.17, 15) is 0 Å². The summed E-state index contributed by atoms with van der Waals surface area (Å²) in [5.74, 6) is 0.760. The van der Waals surface area contributed by atoms with Gasteiger partial charge < -0.3 is 10.1 Å². The van der Waals surface area contributed by atoms with E-state index in [-0.39, 0.29) is 0 Å². The molecule has 4 rings (SSSR count). The number of aromatic nitrogens is 3. The first kappa shape index (κ1) is 19.6. The van der Waals surface area contributed by atoms with Gasteiger partial charge in [-0.05, 0) is 42.8 Å². The Kier molecular flexibility index (Phi) is 5.88. The third-order valence-corrected chi connectivity index (χ3v) is 5.27. The van der Waals surface area contributed by atoms with Crippen LogP contribution in [0.5, 0.6) is 5.75 Å². The van der Waals surface area contributed by atoms with Crippen LogP contribution in [-0.2, 0) is 13.1 Å². The van der Waals surface area contributed by atoms with E-state index in [0.29, 0.717) is 29.7 Å². The first-order valence-electron chi connectivity index (χ1n) is 9.28. The molecule has 0 amide bonds. The van der Waals surface area contributed by atoms with Crippen LogP contribution in [0.25, 0.3) is 10.9 Å². The van der Waals surface area contributed by atoms with E-state index in [1.807, 2.05) is 66.3 Å². The van der Waals surface area contributed by atoms with Crippen molar-refractivity contribution in [3.63, 3.8) is 0 Å². The number of nitrogens with zero attached hydrogens (tertiary/aromatic N) is 3. The van der Waals surface area contributed by atoms with E-state index in [1.165, 1.54) is 0 Å². The number of benzene rings is 2. The second-order valence-corrected chi connectivity index (χ2v) is 7.50. The van der Waals surface area contributed by atoms with Crippen LogP contribution in [0.1, 0.15) is 11.3 Å². The van der Waals surface area contributed by atoms with Crippen LogP contribution in [0.3, 0.4) is 0 Å². The summed E-state index contributed by atoms with van der Waals surface area (Å²) in [5, 5.41) is 9.79. The van der Waals surface area contributed by atoms with Crippen LogP contribution in [-0.4, -0.2) is 21.4 Å². The third-order valence-electron chi connectivity index (χ3n) is 4.53. The van der Waals surface area contributed by atoms with Crippen LogP contribution in [0.4, 0.5) is 5.69 Å². The van der Waals surface area contributed by atoms with Gasteiger partial charge in [-0.15, -0.1) is 0 Å². The van der Waals surface area contributed by atoms with Crippen LogP contribution >= 0.6 is 23.2 Å². The van der Waals surface area contributed by atoms with E-state index in [1.54, 1.807) is 6.20 Å². The number of halogens is 2. The summed E-state index contributed by atoms with van der Waals surface area (Å²) in [7, 11) is 0. The van der Waals surface area contributed by atoms with Crippen molar-refractivity contribution in [2.75, 3.05) is 11.9 Å². The SMILES string of the molecule is Cc1cc(NCc2ccc(Cl)c(Cl)c2)c2cccc(OCCn3cccn3)c2n1. The van der Waals surface area contributed by atoms with Gasteiger partial charge in [-0.2, -0.15) is 5.10 Å². The lowest BCUT2D eigenvalue weighted by atomic mass is 10.1. The number of anilines is 1. The zero-order chi connectivity index (χ0) is 20.2. The Balaban J connectivity index is 1.55.